The van der Waals surface area contributed by atoms with Crippen LogP contribution in [0.15, 0.2) is 12.1 Å². The largest absolute Gasteiger partial charge is 0.493 e. The second kappa shape index (κ2) is 8.78. The van der Waals surface area contributed by atoms with Gasteiger partial charge < -0.3 is 20.7 Å². The average Bonchev–Trinajstić information content (AvgIpc) is 2.96. The van der Waals surface area contributed by atoms with Crippen molar-refractivity contribution < 1.29 is 4.74 Å². The molecule has 6 heteroatoms. The molecule has 4 atom stereocenters. The lowest BCUT2D eigenvalue weighted by Crippen LogP contribution is -2.63. The molecule has 3 aliphatic heterocycles. The molecule has 6 nitrogen and oxygen atoms in total. The molecule has 5 N–H and O–H groups in total. The van der Waals surface area contributed by atoms with Gasteiger partial charge in [-0.2, -0.15) is 0 Å². The summed E-state index contributed by atoms with van der Waals surface area (Å²) in [4.78, 5) is 0. The Bertz CT molecular complexity index is 629. The van der Waals surface area contributed by atoms with E-state index in [2.05, 4.69) is 45.6 Å². The lowest BCUT2D eigenvalue weighted by molar-refractivity contribution is 0.249. The van der Waals surface area contributed by atoms with Crippen molar-refractivity contribution in [3.05, 3.63) is 23.3 Å². The van der Waals surface area contributed by atoms with E-state index >= 15 is 0 Å². The van der Waals surface area contributed by atoms with Crippen molar-refractivity contribution in [1.82, 2.24) is 21.3 Å². The zero-order chi connectivity index (χ0) is 18.6. The van der Waals surface area contributed by atoms with Gasteiger partial charge in [-0.3, -0.25) is 10.6 Å². The molecular weight excluding hydrogens is 338 g/mol. The second-order valence-electron chi connectivity index (χ2n) is 8.27. The first-order valence-electron chi connectivity index (χ1n) is 10.7. The Kier molecular flexibility index (Phi) is 6.18. The van der Waals surface area contributed by atoms with E-state index in [1.54, 1.807) is 0 Å². The summed E-state index contributed by atoms with van der Waals surface area (Å²) in [6.45, 7) is 5.33. The van der Waals surface area contributed by atoms with Crippen LogP contribution in [-0.4, -0.2) is 45.2 Å². The van der Waals surface area contributed by atoms with Gasteiger partial charge in [-0.05, 0) is 94.8 Å². The van der Waals surface area contributed by atoms with Gasteiger partial charge in [0.05, 0.1) is 12.8 Å². The van der Waals surface area contributed by atoms with Gasteiger partial charge in [0.15, 0.2) is 0 Å². The standard InChI is InChI=1S/C21H35N5O/c1-14-11-19(22-2)26-21(24-14)25-17-12-16-6-4-10-27-20(16)18(13-17)15-5-3-8-23-9-7-15/h12-15,19,21-26H,3-11H2,1-2H3. The zero-order valence-electron chi connectivity index (χ0n) is 16.7. The fourth-order valence-electron chi connectivity index (χ4n) is 4.70. The van der Waals surface area contributed by atoms with Gasteiger partial charge in [-0.15, -0.1) is 0 Å². The molecule has 0 aromatic heterocycles. The Balaban J connectivity index is 1.58. The van der Waals surface area contributed by atoms with Crippen LogP contribution >= 0.6 is 0 Å². The van der Waals surface area contributed by atoms with Gasteiger partial charge in [0.2, 0.25) is 0 Å². The highest BCUT2D eigenvalue weighted by Gasteiger charge is 2.26. The summed E-state index contributed by atoms with van der Waals surface area (Å²) in [7, 11) is 2.02. The van der Waals surface area contributed by atoms with Crippen LogP contribution in [-0.2, 0) is 6.42 Å². The van der Waals surface area contributed by atoms with E-state index in [4.69, 9.17) is 4.74 Å². The third-order valence-electron chi connectivity index (χ3n) is 6.11. The zero-order valence-corrected chi connectivity index (χ0v) is 16.7. The number of benzene rings is 1. The van der Waals surface area contributed by atoms with Crippen LogP contribution in [0.5, 0.6) is 5.75 Å². The predicted octanol–water partition coefficient (Wildman–Crippen LogP) is 2.08. The highest BCUT2D eigenvalue weighted by Crippen LogP contribution is 2.40. The predicted molar refractivity (Wildman–Crippen MR) is 110 cm³/mol. The van der Waals surface area contributed by atoms with Crippen molar-refractivity contribution in [3.63, 3.8) is 0 Å². The van der Waals surface area contributed by atoms with Gasteiger partial charge >= 0.3 is 0 Å². The minimum Gasteiger partial charge on any atom is -0.493 e. The molecule has 150 valence electrons. The van der Waals surface area contributed by atoms with Crippen molar-refractivity contribution in [3.8, 4) is 5.75 Å². The summed E-state index contributed by atoms with van der Waals surface area (Å²) in [5.74, 6) is 1.76. The average molecular weight is 374 g/mol. The second-order valence-corrected chi connectivity index (χ2v) is 8.27. The van der Waals surface area contributed by atoms with Crippen LogP contribution < -0.4 is 31.3 Å². The topological polar surface area (TPSA) is 69.4 Å². The molecule has 1 aromatic rings. The quantitative estimate of drug-likeness (QED) is 0.557. The number of rotatable bonds is 4. The third kappa shape index (κ3) is 4.57. The highest BCUT2D eigenvalue weighted by molar-refractivity contribution is 5.58. The highest BCUT2D eigenvalue weighted by atomic mass is 16.5. The third-order valence-corrected chi connectivity index (χ3v) is 6.11. The van der Waals surface area contributed by atoms with Crippen LogP contribution in [0.1, 0.15) is 56.1 Å². The minimum atomic E-state index is 0.0670. The fourth-order valence-corrected chi connectivity index (χ4v) is 4.70. The summed E-state index contributed by atoms with van der Waals surface area (Å²) in [5.41, 5.74) is 3.97. The van der Waals surface area contributed by atoms with E-state index in [0.717, 1.165) is 39.0 Å². The monoisotopic (exact) mass is 373 g/mol. The molecule has 27 heavy (non-hydrogen) atoms. The molecule has 4 unspecified atom stereocenters. The van der Waals surface area contributed by atoms with Crippen molar-refractivity contribution in [1.29, 1.82) is 0 Å². The number of fused-ring (bicyclic) bond motifs is 1. The number of ether oxygens (including phenoxy) is 1. The Labute approximate surface area is 163 Å². The first-order valence-corrected chi connectivity index (χ1v) is 10.7. The summed E-state index contributed by atoms with van der Waals surface area (Å²) in [5, 5.41) is 17.8. The van der Waals surface area contributed by atoms with Crippen molar-refractivity contribution >= 4 is 5.69 Å². The van der Waals surface area contributed by atoms with Gasteiger partial charge in [0, 0.05) is 11.7 Å². The first kappa shape index (κ1) is 19.0. The Morgan fingerprint density at radius 2 is 2.04 bits per heavy atom. The number of aryl methyl sites for hydroxylation is 1. The Morgan fingerprint density at radius 3 is 2.93 bits per heavy atom. The molecule has 0 bridgehead atoms. The number of hydrogen-bond donors (Lipinski definition) is 5. The summed E-state index contributed by atoms with van der Waals surface area (Å²) < 4.78 is 6.16. The minimum absolute atomic E-state index is 0.0670. The van der Waals surface area contributed by atoms with Crippen LogP contribution in [0.4, 0.5) is 5.69 Å². The van der Waals surface area contributed by atoms with Gasteiger partial charge in [0.25, 0.3) is 0 Å². The molecule has 0 spiro atoms. The van der Waals surface area contributed by atoms with E-state index in [0.29, 0.717) is 18.1 Å². The summed E-state index contributed by atoms with van der Waals surface area (Å²) in [6, 6.07) is 5.11. The Hall–Kier alpha value is -1.34. The van der Waals surface area contributed by atoms with Gasteiger partial charge in [0.1, 0.15) is 12.0 Å². The maximum Gasteiger partial charge on any atom is 0.133 e. The lowest BCUT2D eigenvalue weighted by atomic mass is 9.88. The van der Waals surface area contributed by atoms with E-state index in [1.165, 1.54) is 41.8 Å². The number of anilines is 1. The number of nitrogens with one attached hydrogen (secondary N) is 5. The smallest absolute Gasteiger partial charge is 0.133 e. The van der Waals surface area contributed by atoms with E-state index in [9.17, 15) is 0 Å². The molecular formula is C21H35N5O. The molecule has 2 fully saturated rings. The lowest BCUT2D eigenvalue weighted by Gasteiger charge is -2.37. The molecule has 0 radical (unpaired) electrons. The molecule has 0 aliphatic carbocycles. The van der Waals surface area contributed by atoms with Crippen LogP contribution in [0.3, 0.4) is 0 Å². The van der Waals surface area contributed by atoms with Crippen molar-refractivity contribution in [2.75, 3.05) is 32.1 Å². The van der Waals surface area contributed by atoms with Crippen LogP contribution in [0.25, 0.3) is 0 Å². The van der Waals surface area contributed by atoms with Crippen LogP contribution in [0.2, 0.25) is 0 Å². The summed E-state index contributed by atoms with van der Waals surface area (Å²) >= 11 is 0. The van der Waals surface area contributed by atoms with Gasteiger partial charge in [-0.1, -0.05) is 0 Å². The molecule has 1 aromatic carbocycles. The summed E-state index contributed by atoms with van der Waals surface area (Å²) in [6.07, 6.45) is 7.37. The molecule has 3 aliphatic rings. The maximum atomic E-state index is 6.16. The van der Waals surface area contributed by atoms with E-state index in [-0.39, 0.29) is 6.29 Å². The molecule has 3 heterocycles. The molecule has 2 saturated heterocycles. The Morgan fingerprint density at radius 1 is 1.11 bits per heavy atom. The normalized spacial score (nSPS) is 31.5. The SMILES string of the molecule is CNC1CC(C)NC(Nc2cc3c(c(C4CCCNCC4)c2)OCCC3)N1. The molecule has 0 amide bonds. The fraction of sp³-hybridized carbons (Fsp3) is 0.714. The van der Waals surface area contributed by atoms with Crippen molar-refractivity contribution in [2.24, 2.45) is 0 Å². The van der Waals surface area contributed by atoms with Crippen LogP contribution in [0, 0.1) is 0 Å². The van der Waals surface area contributed by atoms with Gasteiger partial charge in [-0.25, -0.2) is 0 Å². The molecule has 4 rings (SSSR count). The van der Waals surface area contributed by atoms with E-state index in [1.807, 2.05) is 7.05 Å². The number of hydrogen-bond acceptors (Lipinski definition) is 6. The maximum absolute atomic E-state index is 6.16. The van der Waals surface area contributed by atoms with E-state index < -0.39 is 0 Å². The molecule has 0 saturated carbocycles. The first-order chi connectivity index (χ1) is 13.2. The van der Waals surface area contributed by atoms with Crippen molar-refractivity contribution in [2.45, 2.75) is 69.9 Å².